The number of hydrogen-bond acceptors (Lipinski definition) is 3. The summed E-state index contributed by atoms with van der Waals surface area (Å²) in [6.45, 7) is 0. The molecule has 0 radical (unpaired) electrons. The van der Waals surface area contributed by atoms with Gasteiger partial charge in [0.05, 0.1) is 27.7 Å². The third-order valence-electron chi connectivity index (χ3n) is 4.89. The van der Waals surface area contributed by atoms with E-state index in [1.165, 1.54) is 16.8 Å². The Bertz CT molecular complexity index is 1420. The third-order valence-corrected chi connectivity index (χ3v) is 5.55. The predicted octanol–water partition coefficient (Wildman–Crippen LogP) is 6.15. The van der Waals surface area contributed by atoms with Crippen molar-refractivity contribution in [3.8, 4) is 17.1 Å². The molecule has 0 unspecified atom stereocenters. The van der Waals surface area contributed by atoms with Crippen molar-refractivity contribution in [3.63, 3.8) is 0 Å². The van der Waals surface area contributed by atoms with Gasteiger partial charge >= 0.3 is 6.18 Å². The van der Waals surface area contributed by atoms with E-state index in [4.69, 9.17) is 23.2 Å². The third kappa shape index (κ3) is 3.51. The Balaban J connectivity index is 1.62. The van der Waals surface area contributed by atoms with Crippen molar-refractivity contribution in [2.45, 2.75) is 12.6 Å². The Morgan fingerprint density at radius 2 is 1.74 bits per heavy atom. The van der Waals surface area contributed by atoms with Crippen LogP contribution in [0.25, 0.3) is 33.6 Å². The average molecular weight is 462 g/mol. The Morgan fingerprint density at radius 1 is 0.968 bits per heavy atom. The highest BCUT2D eigenvalue weighted by atomic mass is 35.5. The Kier molecular flexibility index (Phi) is 4.64. The van der Waals surface area contributed by atoms with E-state index in [2.05, 4.69) is 15.0 Å². The van der Waals surface area contributed by atoms with Crippen LogP contribution in [-0.4, -0.2) is 30.1 Å². The van der Waals surface area contributed by atoms with Crippen molar-refractivity contribution >= 4 is 39.8 Å². The smallest absolute Gasteiger partial charge is 0.302 e. The van der Waals surface area contributed by atoms with Crippen LogP contribution in [0.15, 0.2) is 61.3 Å². The molecule has 0 amide bonds. The molecule has 31 heavy (non-hydrogen) atoms. The van der Waals surface area contributed by atoms with Crippen molar-refractivity contribution in [2.24, 2.45) is 0 Å². The maximum absolute atomic E-state index is 12.8. The molecule has 10 heteroatoms. The van der Waals surface area contributed by atoms with Gasteiger partial charge in [-0.15, -0.1) is 0 Å². The first-order valence-electron chi connectivity index (χ1n) is 9.11. The van der Waals surface area contributed by atoms with Crippen molar-refractivity contribution in [1.82, 2.24) is 23.9 Å². The van der Waals surface area contributed by atoms with Gasteiger partial charge < -0.3 is 4.40 Å². The highest BCUT2D eigenvalue weighted by Crippen LogP contribution is 2.37. The lowest BCUT2D eigenvalue weighted by Crippen LogP contribution is -2.13. The molecule has 0 aliphatic rings. The lowest BCUT2D eigenvalue weighted by molar-refractivity contribution is -0.127. The highest BCUT2D eigenvalue weighted by Gasteiger charge is 2.29. The Morgan fingerprint density at radius 3 is 2.48 bits per heavy atom. The van der Waals surface area contributed by atoms with E-state index in [1.807, 2.05) is 18.3 Å². The number of hydrogen-bond donors (Lipinski definition) is 0. The number of aromatic nitrogens is 5. The van der Waals surface area contributed by atoms with Crippen LogP contribution in [-0.2, 0) is 6.42 Å². The van der Waals surface area contributed by atoms with Crippen LogP contribution >= 0.6 is 23.2 Å². The van der Waals surface area contributed by atoms with Crippen LogP contribution in [0.1, 0.15) is 5.69 Å². The van der Waals surface area contributed by atoms with Gasteiger partial charge in [-0.1, -0.05) is 23.2 Å². The van der Waals surface area contributed by atoms with Crippen molar-refractivity contribution in [2.75, 3.05) is 0 Å². The zero-order valence-electron chi connectivity index (χ0n) is 15.6. The Labute approximate surface area is 183 Å². The fourth-order valence-corrected chi connectivity index (χ4v) is 4.23. The van der Waals surface area contributed by atoms with Crippen molar-refractivity contribution < 1.29 is 13.2 Å². The first kappa shape index (κ1) is 19.8. The van der Waals surface area contributed by atoms with Gasteiger partial charge in [0.15, 0.2) is 5.65 Å². The summed E-state index contributed by atoms with van der Waals surface area (Å²) in [6, 6.07) is 8.91. The number of imidazole rings is 1. The van der Waals surface area contributed by atoms with E-state index in [1.54, 1.807) is 35.2 Å². The molecule has 156 valence electrons. The number of fused-ring (bicyclic) bond motifs is 2. The normalized spacial score (nSPS) is 12.2. The predicted molar refractivity (Wildman–Crippen MR) is 113 cm³/mol. The summed E-state index contributed by atoms with van der Waals surface area (Å²) in [5.41, 5.74) is 2.35. The molecule has 0 spiro atoms. The molecule has 0 saturated heterocycles. The molecule has 0 fully saturated rings. The SMILES string of the molecule is FC(F)(F)Cc1cnc2c(Cl)c(-c3cc(Cl)c4c(ccn4-c4ncccn4)c3)ccn12. The van der Waals surface area contributed by atoms with E-state index >= 15 is 0 Å². The van der Waals surface area contributed by atoms with Gasteiger partial charge in [-0.25, -0.2) is 15.0 Å². The summed E-state index contributed by atoms with van der Waals surface area (Å²) >= 11 is 13.1. The monoisotopic (exact) mass is 461 g/mol. The van der Waals surface area contributed by atoms with E-state index < -0.39 is 12.6 Å². The second-order valence-corrected chi connectivity index (χ2v) is 7.69. The van der Waals surface area contributed by atoms with Gasteiger partial charge in [0.25, 0.3) is 0 Å². The second-order valence-electron chi connectivity index (χ2n) is 6.91. The zero-order chi connectivity index (χ0) is 21.8. The molecular formula is C21H12Cl2F3N5. The minimum absolute atomic E-state index is 0.0179. The quantitative estimate of drug-likeness (QED) is 0.323. The number of halogens is 5. The van der Waals surface area contributed by atoms with Crippen molar-refractivity contribution in [3.05, 3.63) is 77.1 Å². The molecule has 0 bridgehead atoms. The van der Waals surface area contributed by atoms with Gasteiger partial charge in [-0.3, -0.25) is 4.57 Å². The fraction of sp³-hybridized carbons (Fsp3) is 0.0952. The van der Waals surface area contributed by atoms with Crippen LogP contribution in [0.2, 0.25) is 10.0 Å². The largest absolute Gasteiger partial charge is 0.394 e. The van der Waals surface area contributed by atoms with Gasteiger partial charge in [0.1, 0.15) is 0 Å². The van der Waals surface area contributed by atoms with E-state index in [0.717, 1.165) is 16.5 Å². The molecule has 5 rings (SSSR count). The fourth-order valence-electron chi connectivity index (χ4n) is 3.60. The minimum Gasteiger partial charge on any atom is -0.302 e. The van der Waals surface area contributed by atoms with E-state index in [0.29, 0.717) is 16.5 Å². The number of rotatable bonds is 3. The summed E-state index contributed by atoms with van der Waals surface area (Å²) in [4.78, 5) is 12.6. The standard InChI is InChI=1S/C21H12Cl2F3N5/c22-16-9-13(8-12-2-6-31(18(12)16)20-27-4-1-5-28-20)15-3-7-30-14(10-21(24,25)26)11-29-19(30)17(15)23/h1-9,11H,10H2. The van der Waals surface area contributed by atoms with Crippen LogP contribution in [0.5, 0.6) is 0 Å². The first-order valence-corrected chi connectivity index (χ1v) is 9.87. The minimum atomic E-state index is -4.34. The number of alkyl halides is 3. The zero-order valence-corrected chi connectivity index (χ0v) is 17.1. The summed E-state index contributed by atoms with van der Waals surface area (Å²) in [7, 11) is 0. The topological polar surface area (TPSA) is 48.0 Å². The summed E-state index contributed by atoms with van der Waals surface area (Å²) in [5, 5.41) is 1.55. The summed E-state index contributed by atoms with van der Waals surface area (Å²) in [6.07, 6.45) is 2.40. The molecule has 4 heterocycles. The van der Waals surface area contributed by atoms with Gasteiger partial charge in [-0.05, 0) is 35.9 Å². The van der Waals surface area contributed by atoms with Crippen LogP contribution in [0, 0.1) is 0 Å². The highest BCUT2D eigenvalue weighted by molar-refractivity contribution is 6.37. The molecule has 0 aliphatic carbocycles. The molecule has 5 nitrogen and oxygen atoms in total. The molecule has 0 atom stereocenters. The maximum Gasteiger partial charge on any atom is 0.394 e. The molecule has 5 aromatic rings. The average Bonchev–Trinajstić information content (AvgIpc) is 3.33. The van der Waals surface area contributed by atoms with Crippen LogP contribution in [0.3, 0.4) is 0 Å². The molecule has 1 aromatic carbocycles. The molecular weight excluding hydrogens is 450 g/mol. The summed E-state index contributed by atoms with van der Waals surface area (Å²) < 4.78 is 41.6. The maximum atomic E-state index is 12.8. The number of benzene rings is 1. The number of nitrogens with zero attached hydrogens (tertiary/aromatic N) is 5. The first-order chi connectivity index (χ1) is 14.8. The molecule has 0 N–H and O–H groups in total. The lowest BCUT2D eigenvalue weighted by Gasteiger charge is -2.11. The van der Waals surface area contributed by atoms with Crippen LogP contribution < -0.4 is 0 Å². The molecule has 4 aromatic heterocycles. The summed E-state index contributed by atoms with van der Waals surface area (Å²) in [5.74, 6) is 0.487. The molecule has 0 aliphatic heterocycles. The lowest BCUT2D eigenvalue weighted by atomic mass is 10.0. The molecule has 0 saturated carbocycles. The van der Waals surface area contributed by atoms with Gasteiger partial charge in [-0.2, -0.15) is 13.2 Å². The van der Waals surface area contributed by atoms with Gasteiger partial charge in [0.2, 0.25) is 5.95 Å². The number of pyridine rings is 1. The van der Waals surface area contributed by atoms with Crippen LogP contribution in [0.4, 0.5) is 13.2 Å². The van der Waals surface area contributed by atoms with E-state index in [-0.39, 0.29) is 16.4 Å². The van der Waals surface area contributed by atoms with Gasteiger partial charge in [0, 0.05) is 41.9 Å². The van der Waals surface area contributed by atoms with Crippen molar-refractivity contribution in [1.29, 1.82) is 0 Å². The second kappa shape index (κ2) is 7.25. The Hall–Kier alpha value is -3.10. The van der Waals surface area contributed by atoms with E-state index in [9.17, 15) is 13.2 Å².